The highest BCUT2D eigenvalue weighted by Gasteiger charge is 2.11. The van der Waals surface area contributed by atoms with Gasteiger partial charge in [0.1, 0.15) is 23.3 Å². The number of carbonyl (C=O) groups is 1. The average Bonchev–Trinajstić information content (AvgIpc) is 2.79. The van der Waals surface area contributed by atoms with E-state index in [1.165, 1.54) is 30.5 Å². The van der Waals surface area contributed by atoms with Crippen molar-refractivity contribution in [1.29, 1.82) is 5.26 Å². The van der Waals surface area contributed by atoms with Crippen LogP contribution in [0.2, 0.25) is 0 Å². The Hall–Kier alpha value is -4.62. The molecule has 0 aliphatic rings. The molecule has 170 valence electrons. The summed E-state index contributed by atoms with van der Waals surface area (Å²) in [5.74, 6) is 0.771. The van der Waals surface area contributed by atoms with Crippen LogP contribution >= 0.6 is 0 Å². The number of benzene rings is 3. The SMILES string of the molecule is CS(=O)(=O)c1cccc(NC(=O)Nc2ccc(Oc3ccnc4cc(O)c(C#N)cc34)cc2)c1. The summed E-state index contributed by atoms with van der Waals surface area (Å²) in [5.41, 5.74) is 1.41. The fourth-order valence-electron chi connectivity index (χ4n) is 3.17. The molecule has 0 radical (unpaired) electrons. The van der Waals surface area contributed by atoms with Crippen molar-refractivity contribution in [3.8, 4) is 23.3 Å². The van der Waals surface area contributed by atoms with Gasteiger partial charge in [-0.1, -0.05) is 6.07 Å². The van der Waals surface area contributed by atoms with Gasteiger partial charge in [-0.25, -0.2) is 13.2 Å². The van der Waals surface area contributed by atoms with Crippen molar-refractivity contribution < 1.29 is 23.1 Å². The number of ether oxygens (including phenoxy) is 1. The molecule has 0 bridgehead atoms. The molecule has 9 nitrogen and oxygen atoms in total. The number of fused-ring (bicyclic) bond motifs is 1. The highest BCUT2D eigenvalue weighted by molar-refractivity contribution is 7.90. The van der Waals surface area contributed by atoms with Gasteiger partial charge < -0.3 is 20.5 Å². The van der Waals surface area contributed by atoms with E-state index in [0.29, 0.717) is 33.8 Å². The summed E-state index contributed by atoms with van der Waals surface area (Å²) >= 11 is 0. The van der Waals surface area contributed by atoms with Gasteiger partial charge in [-0.05, 0) is 54.6 Å². The minimum absolute atomic E-state index is 0.104. The Balaban J connectivity index is 1.46. The smallest absolute Gasteiger partial charge is 0.323 e. The van der Waals surface area contributed by atoms with Crippen molar-refractivity contribution in [2.75, 3.05) is 16.9 Å². The largest absolute Gasteiger partial charge is 0.506 e. The maximum absolute atomic E-state index is 12.3. The number of nitriles is 1. The molecular formula is C24H18N4O5S. The molecule has 1 aromatic heterocycles. The Morgan fingerprint density at radius 2 is 1.76 bits per heavy atom. The van der Waals surface area contributed by atoms with Gasteiger partial charge in [-0.15, -0.1) is 0 Å². The zero-order valence-electron chi connectivity index (χ0n) is 17.8. The topological polar surface area (TPSA) is 141 Å². The Bertz CT molecular complexity index is 1540. The molecule has 0 saturated carbocycles. The Morgan fingerprint density at radius 3 is 2.47 bits per heavy atom. The minimum atomic E-state index is -3.39. The van der Waals surface area contributed by atoms with Crippen LogP contribution in [0.4, 0.5) is 16.2 Å². The first kappa shape index (κ1) is 22.6. The van der Waals surface area contributed by atoms with E-state index in [4.69, 9.17) is 10.00 Å². The zero-order valence-corrected chi connectivity index (χ0v) is 18.6. The van der Waals surface area contributed by atoms with Crippen LogP contribution < -0.4 is 15.4 Å². The summed E-state index contributed by atoms with van der Waals surface area (Å²) < 4.78 is 29.3. The lowest BCUT2D eigenvalue weighted by atomic mass is 10.1. The summed E-state index contributed by atoms with van der Waals surface area (Å²) in [6, 6.07) is 18.5. The predicted octanol–water partition coefficient (Wildman–Crippen LogP) is 4.65. The van der Waals surface area contributed by atoms with E-state index >= 15 is 0 Å². The summed E-state index contributed by atoms with van der Waals surface area (Å²) in [6.45, 7) is 0. The molecule has 0 unspecified atom stereocenters. The number of aromatic hydroxyl groups is 1. The molecular weight excluding hydrogens is 456 g/mol. The number of pyridine rings is 1. The van der Waals surface area contributed by atoms with Crippen LogP contribution in [0.1, 0.15) is 5.56 Å². The molecule has 2 amide bonds. The van der Waals surface area contributed by atoms with E-state index < -0.39 is 15.9 Å². The molecule has 4 rings (SSSR count). The molecule has 3 aromatic carbocycles. The molecule has 34 heavy (non-hydrogen) atoms. The molecule has 4 aromatic rings. The number of urea groups is 1. The zero-order chi connectivity index (χ0) is 24.3. The van der Waals surface area contributed by atoms with E-state index in [1.807, 2.05) is 6.07 Å². The van der Waals surface area contributed by atoms with Crippen molar-refractivity contribution in [3.05, 3.63) is 78.5 Å². The predicted molar refractivity (Wildman–Crippen MR) is 127 cm³/mol. The van der Waals surface area contributed by atoms with Crippen LogP contribution in [0.15, 0.2) is 77.8 Å². The molecule has 0 spiro atoms. The summed E-state index contributed by atoms with van der Waals surface area (Å²) in [7, 11) is -3.39. The standard InChI is InChI=1S/C24H18N4O5S/c1-34(31,32)19-4-2-3-17(12-19)28-24(30)27-16-5-7-18(8-6-16)33-23-9-10-26-21-13-22(29)15(14-25)11-20(21)23/h2-13,29H,1H3,(H2,27,28,30). The van der Waals surface area contributed by atoms with Crippen molar-refractivity contribution in [2.45, 2.75) is 4.90 Å². The lowest BCUT2D eigenvalue weighted by Crippen LogP contribution is -2.19. The highest BCUT2D eigenvalue weighted by atomic mass is 32.2. The third-order valence-corrected chi connectivity index (χ3v) is 5.91. The monoisotopic (exact) mass is 474 g/mol. The summed E-state index contributed by atoms with van der Waals surface area (Å²) in [5, 5.41) is 24.8. The molecule has 0 aliphatic carbocycles. The average molecular weight is 474 g/mol. The second-order valence-corrected chi connectivity index (χ2v) is 9.33. The first-order valence-electron chi connectivity index (χ1n) is 9.91. The number of hydrogen-bond donors (Lipinski definition) is 3. The molecule has 1 heterocycles. The first-order valence-corrected chi connectivity index (χ1v) is 11.8. The lowest BCUT2D eigenvalue weighted by Gasteiger charge is -2.11. The molecule has 0 fully saturated rings. The Morgan fingerprint density at radius 1 is 1.03 bits per heavy atom. The number of phenols is 1. The van der Waals surface area contributed by atoms with Crippen molar-refractivity contribution >= 4 is 38.1 Å². The van der Waals surface area contributed by atoms with Gasteiger partial charge in [0.25, 0.3) is 0 Å². The molecule has 0 aliphatic heterocycles. The second-order valence-electron chi connectivity index (χ2n) is 7.31. The Kier molecular flexibility index (Phi) is 6.03. The number of amides is 2. The maximum atomic E-state index is 12.3. The third kappa shape index (κ3) is 5.06. The van der Waals surface area contributed by atoms with Gasteiger partial charge in [0.15, 0.2) is 9.84 Å². The molecule has 3 N–H and O–H groups in total. The van der Waals surface area contributed by atoms with Gasteiger partial charge in [0, 0.05) is 35.3 Å². The number of anilines is 2. The van der Waals surface area contributed by atoms with E-state index in [2.05, 4.69) is 15.6 Å². The van der Waals surface area contributed by atoms with Gasteiger partial charge >= 0.3 is 6.03 Å². The van der Waals surface area contributed by atoms with Gasteiger partial charge in [0.05, 0.1) is 16.0 Å². The van der Waals surface area contributed by atoms with Crippen LogP contribution in [0.25, 0.3) is 10.9 Å². The van der Waals surface area contributed by atoms with Gasteiger partial charge in [-0.2, -0.15) is 5.26 Å². The number of aromatic nitrogens is 1. The van der Waals surface area contributed by atoms with Gasteiger partial charge in [0.2, 0.25) is 0 Å². The number of rotatable bonds is 5. The number of carbonyl (C=O) groups excluding carboxylic acids is 1. The Labute approximate surface area is 195 Å². The number of phenolic OH excluding ortho intramolecular Hbond substituents is 1. The third-order valence-electron chi connectivity index (χ3n) is 4.80. The number of hydrogen-bond acceptors (Lipinski definition) is 7. The van der Waals surface area contributed by atoms with Crippen LogP contribution in [-0.2, 0) is 9.84 Å². The van der Waals surface area contributed by atoms with E-state index in [0.717, 1.165) is 6.26 Å². The molecule has 10 heteroatoms. The summed E-state index contributed by atoms with van der Waals surface area (Å²) in [6.07, 6.45) is 2.62. The van der Waals surface area contributed by atoms with Crippen molar-refractivity contribution in [1.82, 2.24) is 4.98 Å². The summed E-state index contributed by atoms with van der Waals surface area (Å²) in [4.78, 5) is 16.6. The fourth-order valence-corrected chi connectivity index (χ4v) is 3.83. The molecule has 0 saturated heterocycles. The molecule has 0 atom stereocenters. The normalized spacial score (nSPS) is 10.9. The van der Waals surface area contributed by atoms with E-state index in [-0.39, 0.29) is 16.2 Å². The minimum Gasteiger partial charge on any atom is -0.506 e. The van der Waals surface area contributed by atoms with Crippen molar-refractivity contribution in [3.63, 3.8) is 0 Å². The quantitative estimate of drug-likeness (QED) is 0.382. The van der Waals surface area contributed by atoms with Crippen molar-refractivity contribution in [2.24, 2.45) is 0 Å². The number of sulfone groups is 1. The van der Waals surface area contributed by atoms with Crippen LogP contribution in [0, 0.1) is 11.3 Å². The van der Waals surface area contributed by atoms with Crippen LogP contribution in [-0.4, -0.2) is 30.8 Å². The number of nitrogens with one attached hydrogen (secondary N) is 2. The van der Waals surface area contributed by atoms with E-state index in [1.54, 1.807) is 42.5 Å². The van der Waals surface area contributed by atoms with Crippen LogP contribution in [0.5, 0.6) is 17.2 Å². The number of nitrogens with zero attached hydrogens (tertiary/aromatic N) is 2. The van der Waals surface area contributed by atoms with Crippen LogP contribution in [0.3, 0.4) is 0 Å². The highest BCUT2D eigenvalue weighted by Crippen LogP contribution is 2.32. The lowest BCUT2D eigenvalue weighted by molar-refractivity contribution is 0.262. The van der Waals surface area contributed by atoms with Gasteiger partial charge in [-0.3, -0.25) is 4.98 Å². The van der Waals surface area contributed by atoms with E-state index in [9.17, 15) is 18.3 Å². The fraction of sp³-hybridized carbons (Fsp3) is 0.0417. The first-order chi connectivity index (χ1) is 16.2. The second kappa shape index (κ2) is 9.09. The maximum Gasteiger partial charge on any atom is 0.323 e.